The number of amides is 1. The monoisotopic (exact) mass is 375 g/mol. The number of hydrogen-bond donors (Lipinski definition) is 1. The summed E-state index contributed by atoms with van der Waals surface area (Å²) >= 11 is 1.77. The predicted octanol–water partition coefficient (Wildman–Crippen LogP) is 5.74. The van der Waals surface area contributed by atoms with Gasteiger partial charge in [0.25, 0.3) is 5.91 Å². The zero-order chi connectivity index (χ0) is 19.2. The molecule has 0 heterocycles. The second-order valence-corrected chi connectivity index (χ2v) is 7.44. The number of carbonyl (C=O) groups excluding carboxylic acids is 2. The quantitative estimate of drug-likeness (QED) is 0.441. The number of benzene rings is 3. The van der Waals surface area contributed by atoms with Crippen LogP contribution >= 0.6 is 11.8 Å². The zero-order valence-electron chi connectivity index (χ0n) is 15.4. The van der Waals surface area contributed by atoms with Crippen LogP contribution in [0.15, 0.2) is 77.7 Å². The van der Waals surface area contributed by atoms with Gasteiger partial charge in [-0.15, -0.1) is 11.8 Å². The van der Waals surface area contributed by atoms with Crippen LogP contribution in [0.5, 0.6) is 0 Å². The van der Waals surface area contributed by atoms with Gasteiger partial charge in [0.2, 0.25) is 0 Å². The van der Waals surface area contributed by atoms with Gasteiger partial charge >= 0.3 is 0 Å². The smallest absolute Gasteiger partial charge is 0.255 e. The number of carbonyl (C=O) groups is 2. The van der Waals surface area contributed by atoms with Crippen molar-refractivity contribution in [3.63, 3.8) is 0 Å². The molecule has 0 saturated carbocycles. The molecule has 0 fully saturated rings. The Bertz CT molecular complexity index is 947. The molecule has 27 heavy (non-hydrogen) atoms. The first-order valence-electron chi connectivity index (χ1n) is 8.72. The second kappa shape index (κ2) is 8.69. The van der Waals surface area contributed by atoms with Gasteiger partial charge in [-0.25, -0.2) is 0 Å². The molecule has 3 rings (SSSR count). The molecule has 0 bridgehead atoms. The minimum atomic E-state index is -0.187. The molecule has 3 aromatic carbocycles. The van der Waals surface area contributed by atoms with Crippen LogP contribution in [-0.4, -0.2) is 11.7 Å². The Morgan fingerprint density at radius 2 is 1.59 bits per heavy atom. The number of rotatable bonds is 6. The maximum Gasteiger partial charge on any atom is 0.255 e. The van der Waals surface area contributed by atoms with E-state index in [1.54, 1.807) is 36.0 Å². The summed E-state index contributed by atoms with van der Waals surface area (Å²) in [7, 11) is 0. The van der Waals surface area contributed by atoms with E-state index in [-0.39, 0.29) is 11.7 Å². The van der Waals surface area contributed by atoms with Crippen molar-refractivity contribution < 1.29 is 9.59 Å². The molecule has 0 aliphatic heterocycles. The van der Waals surface area contributed by atoms with Crippen molar-refractivity contribution in [1.82, 2.24) is 0 Å². The lowest BCUT2D eigenvalue weighted by Crippen LogP contribution is -2.12. The molecule has 0 spiro atoms. The number of thioether (sulfide) groups is 1. The summed E-state index contributed by atoms with van der Waals surface area (Å²) in [5.74, 6) is 0.640. The molecule has 4 heteroatoms. The first-order valence-corrected chi connectivity index (χ1v) is 9.70. The SMILES string of the molecule is CC(=O)c1cccc(NC(=O)c2ccc(CSc3ccc(C)cc3)cc2)c1. The van der Waals surface area contributed by atoms with Crippen molar-refractivity contribution in [2.45, 2.75) is 24.5 Å². The van der Waals surface area contributed by atoms with Gasteiger partial charge in [-0.1, -0.05) is 42.0 Å². The van der Waals surface area contributed by atoms with E-state index in [4.69, 9.17) is 0 Å². The Labute approximate surface area is 163 Å². The van der Waals surface area contributed by atoms with Crippen molar-refractivity contribution in [3.05, 3.63) is 95.1 Å². The third-order valence-electron chi connectivity index (χ3n) is 4.17. The number of aryl methyl sites for hydroxylation is 1. The molecular formula is C23H21NO2S. The highest BCUT2D eigenvalue weighted by Crippen LogP contribution is 2.23. The van der Waals surface area contributed by atoms with Crippen LogP contribution in [0.2, 0.25) is 0 Å². The summed E-state index contributed by atoms with van der Waals surface area (Å²) in [4.78, 5) is 25.1. The fraction of sp³-hybridized carbons (Fsp3) is 0.130. The van der Waals surface area contributed by atoms with Crippen LogP contribution in [-0.2, 0) is 5.75 Å². The highest BCUT2D eigenvalue weighted by molar-refractivity contribution is 7.98. The predicted molar refractivity (Wildman–Crippen MR) is 112 cm³/mol. The maximum absolute atomic E-state index is 12.4. The van der Waals surface area contributed by atoms with Crippen molar-refractivity contribution in [2.24, 2.45) is 0 Å². The summed E-state index contributed by atoms with van der Waals surface area (Å²) in [5.41, 5.74) is 4.20. The number of hydrogen-bond acceptors (Lipinski definition) is 3. The lowest BCUT2D eigenvalue weighted by Gasteiger charge is -2.08. The molecule has 0 radical (unpaired) electrons. The molecule has 1 amide bonds. The van der Waals surface area contributed by atoms with Crippen molar-refractivity contribution >= 4 is 29.1 Å². The fourth-order valence-corrected chi connectivity index (χ4v) is 3.43. The van der Waals surface area contributed by atoms with Gasteiger partial charge in [0.05, 0.1) is 0 Å². The molecule has 0 saturated heterocycles. The van der Waals surface area contributed by atoms with E-state index in [9.17, 15) is 9.59 Å². The zero-order valence-corrected chi connectivity index (χ0v) is 16.2. The minimum Gasteiger partial charge on any atom is -0.322 e. The van der Waals surface area contributed by atoms with Gasteiger partial charge in [-0.3, -0.25) is 9.59 Å². The minimum absolute atomic E-state index is 0.0264. The molecule has 136 valence electrons. The molecule has 0 aromatic heterocycles. The van der Waals surface area contributed by atoms with Gasteiger partial charge in [0.15, 0.2) is 5.78 Å². The Morgan fingerprint density at radius 1 is 0.889 bits per heavy atom. The molecule has 0 atom stereocenters. The number of anilines is 1. The Kier molecular flexibility index (Phi) is 6.09. The standard InChI is InChI=1S/C23H21NO2S/c1-16-6-12-22(13-7-16)27-15-18-8-10-19(11-9-18)23(26)24-21-5-3-4-20(14-21)17(2)25/h3-14H,15H2,1-2H3,(H,24,26). The molecule has 0 unspecified atom stereocenters. The van der Waals surface area contributed by atoms with Crippen molar-refractivity contribution in [1.29, 1.82) is 0 Å². The Balaban J connectivity index is 1.60. The first-order chi connectivity index (χ1) is 13.0. The number of Topliss-reactive ketones (excluding diaryl/α,β-unsaturated/α-hetero) is 1. The summed E-state index contributed by atoms with van der Waals surface area (Å²) in [5, 5.41) is 2.84. The molecule has 1 N–H and O–H groups in total. The summed E-state index contributed by atoms with van der Waals surface area (Å²) in [6.45, 7) is 3.59. The van der Waals surface area contributed by atoms with E-state index in [1.165, 1.54) is 17.4 Å². The molecule has 0 aliphatic carbocycles. The van der Waals surface area contributed by atoms with Crippen molar-refractivity contribution in [2.75, 3.05) is 5.32 Å². The number of nitrogens with one attached hydrogen (secondary N) is 1. The van der Waals surface area contributed by atoms with Crippen LogP contribution in [0.4, 0.5) is 5.69 Å². The topological polar surface area (TPSA) is 46.2 Å². The molecular weight excluding hydrogens is 354 g/mol. The average molecular weight is 375 g/mol. The lowest BCUT2D eigenvalue weighted by molar-refractivity contribution is 0.101. The first kappa shape index (κ1) is 18.9. The van der Waals surface area contributed by atoms with E-state index in [0.717, 1.165) is 11.3 Å². The van der Waals surface area contributed by atoms with Crippen LogP contribution in [0, 0.1) is 6.92 Å². The summed E-state index contributed by atoms with van der Waals surface area (Å²) in [6, 6.07) is 23.0. The van der Waals surface area contributed by atoms with Gasteiger partial charge in [0.1, 0.15) is 0 Å². The third kappa shape index (κ3) is 5.31. The molecule has 3 nitrogen and oxygen atoms in total. The van der Waals surface area contributed by atoms with E-state index >= 15 is 0 Å². The fourth-order valence-electron chi connectivity index (χ4n) is 2.57. The Hall–Kier alpha value is -2.85. The van der Waals surface area contributed by atoms with Crippen molar-refractivity contribution in [3.8, 4) is 0 Å². The largest absolute Gasteiger partial charge is 0.322 e. The van der Waals surface area contributed by atoms with Crippen LogP contribution < -0.4 is 5.32 Å². The Morgan fingerprint density at radius 3 is 2.26 bits per heavy atom. The van der Waals surface area contributed by atoms with Crippen LogP contribution in [0.25, 0.3) is 0 Å². The second-order valence-electron chi connectivity index (χ2n) is 6.39. The van der Waals surface area contributed by atoms with Gasteiger partial charge in [-0.05, 0) is 55.8 Å². The van der Waals surface area contributed by atoms with Gasteiger partial charge in [-0.2, -0.15) is 0 Å². The highest BCUT2D eigenvalue weighted by atomic mass is 32.2. The van der Waals surface area contributed by atoms with Crippen LogP contribution in [0.1, 0.15) is 38.8 Å². The van der Waals surface area contributed by atoms with Crippen LogP contribution in [0.3, 0.4) is 0 Å². The van der Waals surface area contributed by atoms with E-state index in [2.05, 4.69) is 36.5 Å². The summed E-state index contributed by atoms with van der Waals surface area (Å²) < 4.78 is 0. The highest BCUT2D eigenvalue weighted by Gasteiger charge is 2.08. The molecule has 0 aliphatic rings. The third-order valence-corrected chi connectivity index (χ3v) is 5.25. The lowest BCUT2D eigenvalue weighted by atomic mass is 10.1. The normalized spacial score (nSPS) is 10.4. The van der Waals surface area contributed by atoms with E-state index in [0.29, 0.717) is 16.8 Å². The van der Waals surface area contributed by atoms with Gasteiger partial charge in [0, 0.05) is 27.5 Å². The molecule has 3 aromatic rings. The summed E-state index contributed by atoms with van der Waals surface area (Å²) in [6.07, 6.45) is 0. The average Bonchev–Trinajstić information content (AvgIpc) is 2.68. The van der Waals surface area contributed by atoms with E-state index in [1.807, 2.05) is 24.3 Å². The maximum atomic E-state index is 12.4. The van der Waals surface area contributed by atoms with Gasteiger partial charge < -0.3 is 5.32 Å². The number of ketones is 1. The van der Waals surface area contributed by atoms with E-state index < -0.39 is 0 Å².